The Labute approximate surface area is 79.8 Å². The van der Waals surface area contributed by atoms with Crippen molar-refractivity contribution in [2.24, 2.45) is 0 Å². The first-order chi connectivity index (χ1) is 5.70. The van der Waals surface area contributed by atoms with Crippen molar-refractivity contribution in [3.8, 4) is 0 Å². The first kappa shape index (κ1) is 7.90. The minimum absolute atomic E-state index is 0.790. The Morgan fingerprint density at radius 3 is 2.83 bits per heavy atom. The molecule has 0 unspecified atom stereocenters. The number of benzene rings is 1. The summed E-state index contributed by atoms with van der Waals surface area (Å²) in [7, 11) is 0. The normalized spacial score (nSPS) is 10.8. The van der Waals surface area contributed by atoms with Crippen LogP contribution in [-0.4, -0.2) is 0 Å². The molecule has 1 aromatic carbocycles. The zero-order valence-corrected chi connectivity index (χ0v) is 8.17. The third-order valence-corrected chi connectivity index (χ3v) is 3.34. The van der Waals surface area contributed by atoms with Crippen LogP contribution >= 0.6 is 22.9 Å². The van der Waals surface area contributed by atoms with Crippen LogP contribution in [0.4, 0.5) is 5.00 Å². The minimum atomic E-state index is 0.790. The number of aryl methyl sites for hydroxylation is 1. The number of rotatable bonds is 0. The van der Waals surface area contributed by atoms with Gasteiger partial charge in [-0.3, -0.25) is 0 Å². The Bertz CT molecular complexity index is 433. The Kier molecular flexibility index (Phi) is 1.74. The summed E-state index contributed by atoms with van der Waals surface area (Å²) in [5.41, 5.74) is 6.88. The number of anilines is 1. The highest BCUT2D eigenvalue weighted by Gasteiger charge is 2.07. The van der Waals surface area contributed by atoms with Crippen molar-refractivity contribution in [3.05, 3.63) is 28.8 Å². The standard InChI is InChI=1S/C9H8ClNS/c1-5-8-6(10)3-2-4-7(8)12-9(5)11/h2-4H,11H2,1H3. The predicted molar refractivity (Wildman–Crippen MR) is 56.0 cm³/mol. The lowest BCUT2D eigenvalue weighted by Crippen LogP contribution is -1.80. The van der Waals surface area contributed by atoms with Gasteiger partial charge in [-0.1, -0.05) is 17.7 Å². The lowest BCUT2D eigenvalue weighted by molar-refractivity contribution is 1.59. The fraction of sp³-hybridized carbons (Fsp3) is 0.111. The highest BCUT2D eigenvalue weighted by molar-refractivity contribution is 7.23. The third kappa shape index (κ3) is 0.993. The van der Waals surface area contributed by atoms with Gasteiger partial charge in [0.1, 0.15) is 0 Å². The Balaban J connectivity index is 2.97. The van der Waals surface area contributed by atoms with Gasteiger partial charge in [-0.15, -0.1) is 11.3 Å². The van der Waals surface area contributed by atoms with Crippen LogP contribution in [0.2, 0.25) is 5.02 Å². The van der Waals surface area contributed by atoms with E-state index in [9.17, 15) is 0 Å². The van der Waals surface area contributed by atoms with E-state index in [0.717, 1.165) is 25.7 Å². The molecule has 0 fully saturated rings. The molecule has 2 N–H and O–H groups in total. The van der Waals surface area contributed by atoms with E-state index in [4.69, 9.17) is 17.3 Å². The molecule has 1 heterocycles. The summed E-state index contributed by atoms with van der Waals surface area (Å²) in [4.78, 5) is 0. The molecule has 0 atom stereocenters. The van der Waals surface area contributed by atoms with Crippen molar-refractivity contribution in [1.82, 2.24) is 0 Å². The SMILES string of the molecule is Cc1c(N)sc2cccc(Cl)c12. The van der Waals surface area contributed by atoms with E-state index in [0.29, 0.717) is 0 Å². The maximum atomic E-state index is 6.03. The summed E-state index contributed by atoms with van der Waals surface area (Å²) in [6.07, 6.45) is 0. The smallest absolute Gasteiger partial charge is 0.0899 e. The number of nitrogens with two attached hydrogens (primary N) is 1. The van der Waals surface area contributed by atoms with Gasteiger partial charge in [-0.05, 0) is 24.6 Å². The molecule has 3 heteroatoms. The number of fused-ring (bicyclic) bond motifs is 1. The molecule has 62 valence electrons. The van der Waals surface area contributed by atoms with Crippen molar-refractivity contribution in [2.45, 2.75) is 6.92 Å². The molecule has 0 bridgehead atoms. The zero-order valence-electron chi connectivity index (χ0n) is 6.60. The molecule has 0 aliphatic carbocycles. The van der Waals surface area contributed by atoms with Crippen molar-refractivity contribution < 1.29 is 0 Å². The van der Waals surface area contributed by atoms with Crippen LogP contribution in [0.25, 0.3) is 10.1 Å². The molecule has 0 radical (unpaired) electrons. The lowest BCUT2D eigenvalue weighted by atomic mass is 10.2. The summed E-state index contributed by atoms with van der Waals surface area (Å²) in [5.74, 6) is 0. The zero-order chi connectivity index (χ0) is 8.72. The van der Waals surface area contributed by atoms with Crippen molar-refractivity contribution in [3.63, 3.8) is 0 Å². The van der Waals surface area contributed by atoms with E-state index in [-0.39, 0.29) is 0 Å². The molecule has 0 saturated carbocycles. The van der Waals surface area contributed by atoms with E-state index >= 15 is 0 Å². The largest absolute Gasteiger partial charge is 0.390 e. The average Bonchev–Trinajstić information content (AvgIpc) is 2.29. The van der Waals surface area contributed by atoms with Gasteiger partial charge in [0.25, 0.3) is 0 Å². The molecule has 2 rings (SSSR count). The Morgan fingerprint density at radius 1 is 1.42 bits per heavy atom. The van der Waals surface area contributed by atoms with Crippen LogP contribution in [0.3, 0.4) is 0 Å². The summed E-state index contributed by atoms with van der Waals surface area (Å²) in [5, 5.41) is 2.75. The van der Waals surface area contributed by atoms with Gasteiger partial charge < -0.3 is 5.73 Å². The molecule has 0 spiro atoms. The summed E-state index contributed by atoms with van der Waals surface area (Å²) in [6.45, 7) is 2.00. The van der Waals surface area contributed by atoms with Gasteiger partial charge in [0.15, 0.2) is 0 Å². The second kappa shape index (κ2) is 2.64. The van der Waals surface area contributed by atoms with Crippen LogP contribution in [-0.2, 0) is 0 Å². The Hall–Kier alpha value is -0.730. The maximum absolute atomic E-state index is 6.03. The minimum Gasteiger partial charge on any atom is -0.390 e. The van der Waals surface area contributed by atoms with Crippen LogP contribution in [0, 0.1) is 6.92 Å². The number of nitrogen functional groups attached to an aromatic ring is 1. The monoisotopic (exact) mass is 197 g/mol. The van der Waals surface area contributed by atoms with Crippen molar-refractivity contribution in [1.29, 1.82) is 0 Å². The van der Waals surface area contributed by atoms with Crippen LogP contribution in [0.15, 0.2) is 18.2 Å². The van der Waals surface area contributed by atoms with Gasteiger partial charge >= 0.3 is 0 Å². The van der Waals surface area contributed by atoms with Crippen LogP contribution in [0.5, 0.6) is 0 Å². The number of halogens is 1. The van der Waals surface area contributed by atoms with Gasteiger partial charge in [-0.25, -0.2) is 0 Å². The highest BCUT2D eigenvalue weighted by Crippen LogP contribution is 2.36. The van der Waals surface area contributed by atoms with E-state index in [1.165, 1.54) is 0 Å². The molecule has 0 saturated heterocycles. The summed E-state index contributed by atoms with van der Waals surface area (Å²) >= 11 is 7.61. The fourth-order valence-corrected chi connectivity index (χ4v) is 2.65. The quantitative estimate of drug-likeness (QED) is 0.688. The first-order valence-electron chi connectivity index (χ1n) is 3.63. The van der Waals surface area contributed by atoms with Gasteiger partial charge in [-0.2, -0.15) is 0 Å². The fourth-order valence-electron chi connectivity index (χ4n) is 1.27. The first-order valence-corrected chi connectivity index (χ1v) is 4.82. The molecule has 1 nitrogen and oxygen atoms in total. The molecular formula is C9H8ClNS. The molecule has 0 amide bonds. The molecule has 0 aliphatic rings. The van der Waals surface area contributed by atoms with Gasteiger partial charge in [0.2, 0.25) is 0 Å². The Morgan fingerprint density at radius 2 is 2.17 bits per heavy atom. The molecule has 1 aromatic heterocycles. The lowest BCUT2D eigenvalue weighted by Gasteiger charge is -1.93. The molecule has 12 heavy (non-hydrogen) atoms. The van der Waals surface area contributed by atoms with Crippen molar-refractivity contribution in [2.75, 3.05) is 5.73 Å². The number of hydrogen-bond donors (Lipinski definition) is 1. The predicted octanol–water partition coefficient (Wildman–Crippen LogP) is 3.45. The summed E-state index contributed by atoms with van der Waals surface area (Å²) in [6, 6.07) is 5.87. The van der Waals surface area contributed by atoms with Gasteiger partial charge in [0.05, 0.1) is 5.00 Å². The van der Waals surface area contributed by atoms with E-state index < -0.39 is 0 Å². The van der Waals surface area contributed by atoms with E-state index in [2.05, 4.69) is 0 Å². The summed E-state index contributed by atoms with van der Waals surface area (Å²) < 4.78 is 1.16. The van der Waals surface area contributed by atoms with Crippen molar-refractivity contribution >= 4 is 38.0 Å². The van der Waals surface area contributed by atoms with Crippen LogP contribution < -0.4 is 5.73 Å². The average molecular weight is 198 g/mol. The molecule has 0 aliphatic heterocycles. The second-order valence-electron chi connectivity index (χ2n) is 2.70. The highest BCUT2D eigenvalue weighted by atomic mass is 35.5. The maximum Gasteiger partial charge on any atom is 0.0899 e. The van der Waals surface area contributed by atoms with Gasteiger partial charge in [0, 0.05) is 15.1 Å². The van der Waals surface area contributed by atoms with E-state index in [1.54, 1.807) is 11.3 Å². The number of thiophene rings is 1. The van der Waals surface area contributed by atoms with Crippen LogP contribution in [0.1, 0.15) is 5.56 Å². The van der Waals surface area contributed by atoms with E-state index in [1.807, 2.05) is 25.1 Å². The molecular weight excluding hydrogens is 190 g/mol. The topological polar surface area (TPSA) is 26.0 Å². The second-order valence-corrected chi connectivity index (χ2v) is 4.20. The third-order valence-electron chi connectivity index (χ3n) is 1.94. The number of hydrogen-bond acceptors (Lipinski definition) is 2. The molecule has 2 aromatic rings.